The van der Waals surface area contributed by atoms with Crippen molar-refractivity contribution in [3.8, 4) is 5.75 Å². The van der Waals surface area contributed by atoms with Crippen molar-refractivity contribution in [3.05, 3.63) is 113 Å². The Hall–Kier alpha value is -3.10. The average molecular weight is 409 g/mol. The summed E-state index contributed by atoms with van der Waals surface area (Å²) in [4.78, 5) is 0. The van der Waals surface area contributed by atoms with Gasteiger partial charge in [-0.3, -0.25) is 0 Å². The molecule has 0 saturated carbocycles. The molecule has 4 aromatic rings. The maximum atomic E-state index is 6.59. The molecule has 0 aromatic heterocycles. The molecule has 0 fully saturated rings. The van der Waals surface area contributed by atoms with Crippen LogP contribution in [0.2, 0.25) is 0 Å². The van der Waals surface area contributed by atoms with E-state index in [1.54, 1.807) is 7.11 Å². The van der Waals surface area contributed by atoms with Gasteiger partial charge in [-0.05, 0) is 64.6 Å². The minimum atomic E-state index is -0.200. The van der Waals surface area contributed by atoms with E-state index < -0.39 is 0 Å². The molecule has 1 unspecified atom stereocenters. The highest BCUT2D eigenvalue weighted by atomic mass is 16.5. The van der Waals surface area contributed by atoms with Crippen molar-refractivity contribution in [1.82, 2.24) is 0 Å². The van der Waals surface area contributed by atoms with Crippen LogP contribution in [0.1, 0.15) is 47.8 Å². The van der Waals surface area contributed by atoms with E-state index in [2.05, 4.69) is 98.8 Å². The van der Waals surface area contributed by atoms with Crippen molar-refractivity contribution in [2.24, 2.45) is 0 Å². The summed E-state index contributed by atoms with van der Waals surface area (Å²) in [6, 6.07) is 30.2. The third-order valence-electron chi connectivity index (χ3n) is 6.26. The summed E-state index contributed by atoms with van der Waals surface area (Å²) in [5.41, 5.74) is 6.10. The number of ether oxygens (including phenoxy) is 2. The number of rotatable bonds is 4. The molecule has 31 heavy (non-hydrogen) atoms. The Morgan fingerprint density at radius 3 is 2.52 bits per heavy atom. The molecule has 0 radical (unpaired) electrons. The van der Waals surface area contributed by atoms with Gasteiger partial charge in [-0.15, -0.1) is 0 Å². The molecule has 5 rings (SSSR count). The normalized spacial score (nSPS) is 17.3. The van der Waals surface area contributed by atoms with Crippen molar-refractivity contribution in [2.45, 2.75) is 38.4 Å². The summed E-state index contributed by atoms with van der Waals surface area (Å²) < 4.78 is 12.3. The molecule has 156 valence electrons. The van der Waals surface area contributed by atoms with Gasteiger partial charge < -0.3 is 9.47 Å². The van der Waals surface area contributed by atoms with E-state index in [9.17, 15) is 0 Å². The van der Waals surface area contributed by atoms with Crippen LogP contribution in [0.5, 0.6) is 5.75 Å². The first-order valence-electron chi connectivity index (χ1n) is 10.9. The van der Waals surface area contributed by atoms with Gasteiger partial charge in [-0.2, -0.15) is 0 Å². The Labute approximate surface area is 184 Å². The average Bonchev–Trinajstić information content (AvgIpc) is 2.78. The Morgan fingerprint density at radius 2 is 1.65 bits per heavy atom. The molecular weight excluding hydrogens is 380 g/mol. The molecule has 0 saturated heterocycles. The summed E-state index contributed by atoms with van der Waals surface area (Å²) in [7, 11) is 1.75. The first-order valence-corrected chi connectivity index (χ1v) is 10.9. The van der Waals surface area contributed by atoms with Gasteiger partial charge in [-0.1, -0.05) is 72.8 Å². The van der Waals surface area contributed by atoms with E-state index in [1.165, 1.54) is 38.6 Å². The van der Waals surface area contributed by atoms with Gasteiger partial charge >= 0.3 is 0 Å². The van der Waals surface area contributed by atoms with Crippen molar-refractivity contribution >= 4 is 10.8 Å². The van der Waals surface area contributed by atoms with Crippen LogP contribution < -0.4 is 4.74 Å². The van der Waals surface area contributed by atoms with Crippen molar-refractivity contribution in [1.29, 1.82) is 0 Å². The minimum Gasteiger partial charge on any atom is -0.496 e. The van der Waals surface area contributed by atoms with Crippen LogP contribution >= 0.6 is 0 Å². The Balaban J connectivity index is 1.58. The van der Waals surface area contributed by atoms with Crippen LogP contribution in [0.25, 0.3) is 10.8 Å². The second-order valence-corrected chi connectivity index (χ2v) is 9.02. The van der Waals surface area contributed by atoms with E-state index in [1.807, 2.05) is 0 Å². The van der Waals surface area contributed by atoms with Crippen LogP contribution in [0.3, 0.4) is 0 Å². The Kier molecular flexibility index (Phi) is 5.03. The molecule has 0 amide bonds. The van der Waals surface area contributed by atoms with Crippen molar-refractivity contribution in [3.63, 3.8) is 0 Å². The summed E-state index contributed by atoms with van der Waals surface area (Å²) in [5, 5.41) is 2.55. The topological polar surface area (TPSA) is 18.5 Å². The zero-order valence-electron chi connectivity index (χ0n) is 18.4. The second-order valence-electron chi connectivity index (χ2n) is 9.02. The predicted molar refractivity (Wildman–Crippen MR) is 127 cm³/mol. The number of methoxy groups -OCH3 is 1. The fourth-order valence-electron chi connectivity index (χ4n) is 4.83. The van der Waals surface area contributed by atoms with Gasteiger partial charge in [-0.25, -0.2) is 0 Å². The van der Waals surface area contributed by atoms with Gasteiger partial charge in [0.25, 0.3) is 0 Å². The van der Waals surface area contributed by atoms with Crippen molar-refractivity contribution in [2.75, 3.05) is 7.11 Å². The molecular formula is C29H28O2. The highest BCUT2D eigenvalue weighted by Crippen LogP contribution is 2.40. The largest absolute Gasteiger partial charge is 0.496 e. The summed E-state index contributed by atoms with van der Waals surface area (Å²) in [6.45, 7) is 4.35. The van der Waals surface area contributed by atoms with Gasteiger partial charge in [0.2, 0.25) is 0 Å². The first kappa shape index (κ1) is 19.8. The van der Waals surface area contributed by atoms with E-state index in [-0.39, 0.29) is 11.7 Å². The molecule has 2 nitrogen and oxygen atoms in total. The molecule has 0 N–H and O–H groups in total. The number of hydrogen-bond donors (Lipinski definition) is 0. The van der Waals surface area contributed by atoms with Crippen molar-refractivity contribution < 1.29 is 9.47 Å². The predicted octanol–water partition coefficient (Wildman–Crippen LogP) is 6.88. The molecule has 2 heteroatoms. The molecule has 0 spiro atoms. The number of hydrogen-bond acceptors (Lipinski definition) is 2. The van der Waals surface area contributed by atoms with Crippen LogP contribution in [-0.2, 0) is 17.6 Å². The number of fused-ring (bicyclic) bond motifs is 2. The van der Waals surface area contributed by atoms with Gasteiger partial charge in [0.1, 0.15) is 11.9 Å². The molecule has 0 bridgehead atoms. The molecule has 1 aliphatic rings. The first-order chi connectivity index (χ1) is 15.0. The maximum Gasteiger partial charge on any atom is 0.122 e. The highest BCUT2D eigenvalue weighted by molar-refractivity contribution is 5.86. The molecule has 0 aliphatic carbocycles. The molecule has 1 atom stereocenters. The Bertz CT molecular complexity index is 1230. The van der Waals surface area contributed by atoms with E-state index in [4.69, 9.17) is 9.47 Å². The smallest absolute Gasteiger partial charge is 0.122 e. The summed E-state index contributed by atoms with van der Waals surface area (Å²) in [6.07, 6.45) is 1.67. The number of benzene rings is 4. The third kappa shape index (κ3) is 3.84. The Morgan fingerprint density at radius 1 is 0.871 bits per heavy atom. The van der Waals surface area contributed by atoms with Crippen LogP contribution in [0, 0.1) is 0 Å². The third-order valence-corrected chi connectivity index (χ3v) is 6.26. The zero-order chi connectivity index (χ0) is 21.4. The monoisotopic (exact) mass is 408 g/mol. The SMILES string of the molecule is COc1ccc(C2OC(C)(C)Cc3ccccc32)cc1Cc1cccc2ccccc12. The highest BCUT2D eigenvalue weighted by Gasteiger charge is 2.33. The lowest BCUT2D eigenvalue weighted by molar-refractivity contribution is -0.0668. The van der Waals surface area contributed by atoms with E-state index in [0.29, 0.717) is 0 Å². The van der Waals surface area contributed by atoms with Gasteiger partial charge in [0.15, 0.2) is 0 Å². The van der Waals surface area contributed by atoms with Crippen LogP contribution in [0.15, 0.2) is 84.9 Å². The standard InChI is InChI=1S/C29H28O2/c1-29(2)19-23-10-5-7-14-26(23)28(31-29)22-15-16-27(30-3)24(18-22)17-21-12-8-11-20-9-4-6-13-25(20)21/h4-16,18,28H,17,19H2,1-3H3. The summed E-state index contributed by atoms with van der Waals surface area (Å²) >= 11 is 0. The lowest BCUT2D eigenvalue weighted by Gasteiger charge is -2.38. The maximum absolute atomic E-state index is 6.59. The molecule has 1 aliphatic heterocycles. The van der Waals surface area contributed by atoms with Crippen LogP contribution in [-0.4, -0.2) is 12.7 Å². The van der Waals surface area contributed by atoms with E-state index in [0.717, 1.165) is 18.6 Å². The van der Waals surface area contributed by atoms with Gasteiger partial charge in [0, 0.05) is 12.8 Å². The summed E-state index contributed by atoms with van der Waals surface area (Å²) in [5.74, 6) is 0.917. The van der Waals surface area contributed by atoms with E-state index >= 15 is 0 Å². The fraction of sp³-hybridized carbons (Fsp3) is 0.241. The lowest BCUT2D eigenvalue weighted by Crippen LogP contribution is -2.35. The molecule has 1 heterocycles. The quantitative estimate of drug-likeness (QED) is 0.366. The molecule has 4 aromatic carbocycles. The zero-order valence-corrected chi connectivity index (χ0v) is 18.4. The minimum absolute atomic E-state index is 0.0721. The van der Waals surface area contributed by atoms with Gasteiger partial charge in [0.05, 0.1) is 12.7 Å². The van der Waals surface area contributed by atoms with Crippen LogP contribution in [0.4, 0.5) is 0 Å². The lowest BCUT2D eigenvalue weighted by atomic mass is 9.85. The fourth-order valence-corrected chi connectivity index (χ4v) is 4.83. The second kappa shape index (κ2) is 7.86.